The molecule has 7 nitrogen and oxygen atoms in total. The summed E-state index contributed by atoms with van der Waals surface area (Å²) in [5.41, 5.74) is 2.27. The molecule has 3 rings (SSSR count). The minimum Gasteiger partial charge on any atom is -0.348 e. The Hall–Kier alpha value is -1.93. The molecule has 2 aromatic rings. The molecule has 8 heteroatoms. The van der Waals surface area contributed by atoms with Crippen molar-refractivity contribution < 1.29 is 13.2 Å². The number of H-pyrrole nitrogens is 1. The van der Waals surface area contributed by atoms with Gasteiger partial charge in [0, 0.05) is 24.5 Å². The number of benzene rings is 1. The van der Waals surface area contributed by atoms with Gasteiger partial charge in [-0.2, -0.15) is 5.10 Å². The van der Waals surface area contributed by atoms with Crippen LogP contribution in [0.4, 0.5) is 0 Å². The van der Waals surface area contributed by atoms with E-state index in [0.717, 1.165) is 16.5 Å². The van der Waals surface area contributed by atoms with Crippen LogP contribution in [0.3, 0.4) is 0 Å². The van der Waals surface area contributed by atoms with E-state index in [-0.39, 0.29) is 11.9 Å². The summed E-state index contributed by atoms with van der Waals surface area (Å²) in [7, 11) is -3.15. The van der Waals surface area contributed by atoms with E-state index in [1.54, 1.807) is 0 Å². The number of rotatable bonds is 3. The van der Waals surface area contributed by atoms with Gasteiger partial charge >= 0.3 is 0 Å². The Bertz CT molecular complexity index is 836. The van der Waals surface area contributed by atoms with Crippen LogP contribution in [0.1, 0.15) is 28.9 Å². The number of nitrogens with one attached hydrogen (secondary N) is 2. The second-order valence-corrected chi connectivity index (χ2v) is 8.01. The van der Waals surface area contributed by atoms with Crippen molar-refractivity contribution >= 4 is 26.8 Å². The molecule has 0 atom stereocenters. The molecule has 2 N–H and O–H groups in total. The molecule has 0 radical (unpaired) electrons. The quantitative estimate of drug-likeness (QED) is 0.875. The molecule has 1 aliphatic heterocycles. The predicted octanol–water partition coefficient (Wildman–Crippen LogP) is 1.03. The second kappa shape index (κ2) is 5.93. The lowest BCUT2D eigenvalue weighted by atomic mass is 10.1. The first-order chi connectivity index (χ1) is 10.8. The Morgan fingerprint density at radius 3 is 2.70 bits per heavy atom. The van der Waals surface area contributed by atoms with Crippen molar-refractivity contribution in [2.45, 2.75) is 25.8 Å². The van der Waals surface area contributed by atoms with Gasteiger partial charge in [-0.1, -0.05) is 11.6 Å². The molecular formula is C15H20N4O3S. The van der Waals surface area contributed by atoms with Gasteiger partial charge in [0.15, 0.2) is 5.69 Å². The fourth-order valence-corrected chi connectivity index (χ4v) is 3.76. The number of hydrogen-bond acceptors (Lipinski definition) is 4. The number of aryl methyl sites for hydroxylation is 1. The van der Waals surface area contributed by atoms with Gasteiger partial charge in [0.1, 0.15) is 0 Å². The van der Waals surface area contributed by atoms with Crippen molar-refractivity contribution in [3.8, 4) is 0 Å². The van der Waals surface area contributed by atoms with Crippen LogP contribution in [0, 0.1) is 6.92 Å². The Morgan fingerprint density at radius 2 is 2.04 bits per heavy atom. The van der Waals surface area contributed by atoms with Crippen molar-refractivity contribution in [3.63, 3.8) is 0 Å². The summed E-state index contributed by atoms with van der Waals surface area (Å²) >= 11 is 0. The zero-order chi connectivity index (χ0) is 16.6. The Balaban J connectivity index is 1.69. The molecule has 1 aromatic carbocycles. The lowest BCUT2D eigenvalue weighted by Gasteiger charge is -2.30. The highest BCUT2D eigenvalue weighted by Gasteiger charge is 2.26. The Labute approximate surface area is 135 Å². The molecule has 0 spiro atoms. The molecule has 0 aliphatic carbocycles. The number of hydrogen-bond donors (Lipinski definition) is 2. The van der Waals surface area contributed by atoms with Gasteiger partial charge in [0.2, 0.25) is 10.0 Å². The summed E-state index contributed by atoms with van der Waals surface area (Å²) in [5, 5.41) is 10.7. The van der Waals surface area contributed by atoms with E-state index in [1.807, 2.05) is 25.1 Å². The number of aromatic nitrogens is 2. The molecule has 0 unspecified atom stereocenters. The Morgan fingerprint density at radius 1 is 1.35 bits per heavy atom. The number of aromatic amines is 1. The zero-order valence-corrected chi connectivity index (χ0v) is 14.0. The van der Waals surface area contributed by atoms with E-state index >= 15 is 0 Å². The van der Waals surface area contributed by atoms with Crippen LogP contribution < -0.4 is 5.32 Å². The minimum absolute atomic E-state index is 0.0305. The van der Waals surface area contributed by atoms with Gasteiger partial charge in [0.25, 0.3) is 5.91 Å². The van der Waals surface area contributed by atoms with Crippen molar-refractivity contribution in [2.75, 3.05) is 19.3 Å². The summed E-state index contributed by atoms with van der Waals surface area (Å²) in [4.78, 5) is 12.5. The molecule has 2 heterocycles. The van der Waals surface area contributed by atoms with Crippen LogP contribution in [0.2, 0.25) is 0 Å². The van der Waals surface area contributed by atoms with Crippen LogP contribution >= 0.6 is 0 Å². The first kappa shape index (κ1) is 15.9. The molecule has 1 aromatic heterocycles. The third kappa shape index (κ3) is 3.37. The van der Waals surface area contributed by atoms with E-state index in [9.17, 15) is 13.2 Å². The lowest BCUT2D eigenvalue weighted by molar-refractivity contribution is 0.0920. The van der Waals surface area contributed by atoms with Crippen LogP contribution in [0.15, 0.2) is 18.2 Å². The van der Waals surface area contributed by atoms with E-state index in [2.05, 4.69) is 15.5 Å². The van der Waals surface area contributed by atoms with Gasteiger partial charge in [0.05, 0.1) is 11.8 Å². The molecule has 0 bridgehead atoms. The van der Waals surface area contributed by atoms with Crippen molar-refractivity contribution in [1.82, 2.24) is 19.8 Å². The number of sulfonamides is 1. The number of piperidine rings is 1. The van der Waals surface area contributed by atoms with Crippen LogP contribution in [0.5, 0.6) is 0 Å². The van der Waals surface area contributed by atoms with Gasteiger partial charge in [-0.15, -0.1) is 0 Å². The van der Waals surface area contributed by atoms with Crippen molar-refractivity contribution in [2.24, 2.45) is 0 Å². The fraction of sp³-hybridized carbons (Fsp3) is 0.467. The topological polar surface area (TPSA) is 95.2 Å². The number of carbonyl (C=O) groups excluding carboxylic acids is 1. The van der Waals surface area contributed by atoms with Gasteiger partial charge < -0.3 is 5.32 Å². The molecule has 1 amide bonds. The number of nitrogens with zero attached hydrogens (tertiary/aromatic N) is 2. The number of fused-ring (bicyclic) bond motifs is 1. The summed E-state index contributed by atoms with van der Waals surface area (Å²) in [5.74, 6) is -0.223. The zero-order valence-electron chi connectivity index (χ0n) is 13.2. The van der Waals surface area contributed by atoms with Crippen molar-refractivity contribution in [3.05, 3.63) is 29.5 Å². The third-order valence-corrected chi connectivity index (χ3v) is 5.49. The minimum atomic E-state index is -3.15. The maximum Gasteiger partial charge on any atom is 0.272 e. The highest BCUT2D eigenvalue weighted by molar-refractivity contribution is 7.88. The van der Waals surface area contributed by atoms with E-state index in [4.69, 9.17) is 0 Å². The summed E-state index contributed by atoms with van der Waals surface area (Å²) < 4.78 is 24.5. The predicted molar refractivity (Wildman–Crippen MR) is 87.7 cm³/mol. The van der Waals surface area contributed by atoms with Crippen molar-refractivity contribution in [1.29, 1.82) is 0 Å². The van der Waals surface area contributed by atoms with Crippen LogP contribution in [-0.2, 0) is 10.0 Å². The van der Waals surface area contributed by atoms with Crippen LogP contribution in [-0.4, -0.2) is 54.2 Å². The fourth-order valence-electron chi connectivity index (χ4n) is 2.89. The van der Waals surface area contributed by atoms with E-state index in [1.165, 1.54) is 10.6 Å². The maximum absolute atomic E-state index is 12.5. The molecule has 1 fully saturated rings. The number of carbonyl (C=O) groups is 1. The highest BCUT2D eigenvalue weighted by atomic mass is 32.2. The molecule has 23 heavy (non-hydrogen) atoms. The first-order valence-corrected chi connectivity index (χ1v) is 9.40. The molecule has 1 aliphatic rings. The first-order valence-electron chi connectivity index (χ1n) is 7.55. The van der Waals surface area contributed by atoms with Crippen LogP contribution in [0.25, 0.3) is 10.9 Å². The van der Waals surface area contributed by atoms with E-state index in [0.29, 0.717) is 31.6 Å². The Kier molecular flexibility index (Phi) is 4.11. The molecule has 0 saturated carbocycles. The van der Waals surface area contributed by atoms with Gasteiger partial charge in [-0.3, -0.25) is 9.89 Å². The molecule has 1 saturated heterocycles. The largest absolute Gasteiger partial charge is 0.348 e. The van der Waals surface area contributed by atoms with E-state index < -0.39 is 10.0 Å². The third-order valence-electron chi connectivity index (χ3n) is 4.19. The molecular weight excluding hydrogens is 316 g/mol. The van der Waals surface area contributed by atoms with Gasteiger partial charge in [-0.25, -0.2) is 12.7 Å². The standard InChI is InChI=1S/C15H20N4O3S/c1-10-3-4-13-12(9-10)14(18-17-13)15(20)16-11-5-7-19(8-6-11)23(2,21)22/h3-4,9,11H,5-8H2,1-2H3,(H,16,20)(H,17,18). The normalized spacial score (nSPS) is 17.5. The average molecular weight is 336 g/mol. The summed E-state index contributed by atoms with van der Waals surface area (Å²) in [6, 6.07) is 5.76. The highest BCUT2D eigenvalue weighted by Crippen LogP contribution is 2.19. The number of amides is 1. The smallest absolute Gasteiger partial charge is 0.272 e. The van der Waals surface area contributed by atoms with Gasteiger partial charge in [-0.05, 0) is 31.9 Å². The second-order valence-electron chi connectivity index (χ2n) is 6.03. The maximum atomic E-state index is 12.5. The SMILES string of the molecule is Cc1ccc2[nH]nc(C(=O)NC3CCN(S(C)(=O)=O)CC3)c2c1. The molecule has 124 valence electrons. The monoisotopic (exact) mass is 336 g/mol. The summed E-state index contributed by atoms with van der Waals surface area (Å²) in [6.07, 6.45) is 2.44. The average Bonchev–Trinajstić information content (AvgIpc) is 2.90. The summed E-state index contributed by atoms with van der Waals surface area (Å²) in [6.45, 7) is 2.84. The lowest BCUT2D eigenvalue weighted by Crippen LogP contribution is -2.46.